The number of hydrogen-bond acceptors (Lipinski definition) is 3. The average Bonchev–Trinajstić information content (AvgIpc) is 2.46. The summed E-state index contributed by atoms with van der Waals surface area (Å²) in [6.45, 7) is 7.51. The monoisotopic (exact) mass is 265 g/mol. The first-order chi connectivity index (χ1) is 9.26. The van der Waals surface area contributed by atoms with Crippen LogP contribution in [-0.2, 0) is 6.54 Å². The molecule has 1 saturated heterocycles. The Bertz CT molecular complexity index is 408. The molecule has 0 spiro atoms. The van der Waals surface area contributed by atoms with Crippen molar-refractivity contribution < 1.29 is 4.39 Å². The molecule has 0 bridgehead atoms. The second-order valence-corrected chi connectivity index (χ2v) is 5.25. The number of nitrogens with one attached hydrogen (secondary N) is 1. The van der Waals surface area contributed by atoms with Gasteiger partial charge in [0.05, 0.1) is 0 Å². The molecule has 0 aliphatic carbocycles. The molecule has 1 fully saturated rings. The molecular weight excluding hydrogens is 241 g/mol. The van der Waals surface area contributed by atoms with Crippen molar-refractivity contribution in [3.8, 4) is 0 Å². The van der Waals surface area contributed by atoms with Crippen molar-refractivity contribution in [3.05, 3.63) is 23.6 Å². The predicted molar refractivity (Wildman–Crippen MR) is 76.8 cm³/mol. The molecular formula is C15H24FN3. The van der Waals surface area contributed by atoms with E-state index in [9.17, 15) is 4.39 Å². The summed E-state index contributed by atoms with van der Waals surface area (Å²) in [6, 6.07) is 1.77. The molecule has 1 atom stereocenters. The molecule has 0 radical (unpaired) electrons. The second-order valence-electron chi connectivity index (χ2n) is 5.25. The summed E-state index contributed by atoms with van der Waals surface area (Å²) < 4.78 is 14.5. The third-order valence-corrected chi connectivity index (χ3v) is 3.91. The van der Waals surface area contributed by atoms with Gasteiger partial charge in [0, 0.05) is 31.4 Å². The smallest absolute Gasteiger partial charge is 0.170 e. The fourth-order valence-corrected chi connectivity index (χ4v) is 2.68. The van der Waals surface area contributed by atoms with Gasteiger partial charge in [0.1, 0.15) is 0 Å². The van der Waals surface area contributed by atoms with Crippen molar-refractivity contribution in [3.63, 3.8) is 0 Å². The summed E-state index contributed by atoms with van der Waals surface area (Å²) in [4.78, 5) is 6.38. The predicted octanol–water partition coefficient (Wildman–Crippen LogP) is 2.96. The largest absolute Gasteiger partial charge is 0.354 e. The molecule has 2 heterocycles. The Morgan fingerprint density at radius 1 is 1.47 bits per heavy atom. The van der Waals surface area contributed by atoms with Crippen molar-refractivity contribution in [1.29, 1.82) is 0 Å². The number of halogens is 1. The Kier molecular flexibility index (Phi) is 5.14. The van der Waals surface area contributed by atoms with E-state index in [0.29, 0.717) is 23.8 Å². The summed E-state index contributed by atoms with van der Waals surface area (Å²) in [5.74, 6) is 1.06. The van der Waals surface area contributed by atoms with Gasteiger partial charge in [0.15, 0.2) is 11.6 Å². The number of anilines is 1. The highest BCUT2D eigenvalue weighted by atomic mass is 19.1. The molecule has 1 aromatic heterocycles. The van der Waals surface area contributed by atoms with E-state index in [0.717, 1.165) is 32.5 Å². The van der Waals surface area contributed by atoms with Gasteiger partial charge < -0.3 is 10.2 Å². The molecule has 1 aliphatic heterocycles. The lowest BCUT2D eigenvalue weighted by Crippen LogP contribution is -2.36. The highest BCUT2D eigenvalue weighted by Crippen LogP contribution is 2.26. The lowest BCUT2D eigenvalue weighted by atomic mass is 9.95. The minimum Gasteiger partial charge on any atom is -0.354 e. The van der Waals surface area contributed by atoms with Crippen LogP contribution in [0.25, 0.3) is 0 Å². The summed E-state index contributed by atoms with van der Waals surface area (Å²) in [7, 11) is 0. The lowest BCUT2D eigenvalue weighted by molar-refractivity contribution is 0.399. The van der Waals surface area contributed by atoms with Gasteiger partial charge >= 0.3 is 0 Å². The van der Waals surface area contributed by atoms with Crippen molar-refractivity contribution >= 4 is 5.82 Å². The van der Waals surface area contributed by atoms with Crippen LogP contribution in [0, 0.1) is 11.7 Å². The number of hydrogen-bond donors (Lipinski definition) is 1. The van der Waals surface area contributed by atoms with Gasteiger partial charge in [0.25, 0.3) is 0 Å². The fourth-order valence-electron chi connectivity index (χ4n) is 2.68. The molecule has 1 N–H and O–H groups in total. The van der Waals surface area contributed by atoms with Crippen LogP contribution in [0.3, 0.4) is 0 Å². The van der Waals surface area contributed by atoms with E-state index in [1.807, 2.05) is 6.92 Å². The third kappa shape index (κ3) is 3.44. The Balaban J connectivity index is 2.14. The van der Waals surface area contributed by atoms with Crippen LogP contribution in [0.1, 0.15) is 38.7 Å². The van der Waals surface area contributed by atoms with E-state index >= 15 is 0 Å². The summed E-state index contributed by atoms with van der Waals surface area (Å²) in [6.07, 6.45) is 5.28. The van der Waals surface area contributed by atoms with Crippen LogP contribution in [0.2, 0.25) is 0 Å². The Labute approximate surface area is 115 Å². The summed E-state index contributed by atoms with van der Waals surface area (Å²) in [5, 5.41) is 3.17. The van der Waals surface area contributed by atoms with Gasteiger partial charge in [-0.25, -0.2) is 9.37 Å². The molecule has 1 aromatic rings. The van der Waals surface area contributed by atoms with Crippen molar-refractivity contribution in [2.75, 3.05) is 24.5 Å². The van der Waals surface area contributed by atoms with E-state index in [-0.39, 0.29) is 5.82 Å². The molecule has 2 rings (SSSR count). The highest BCUT2D eigenvalue weighted by molar-refractivity contribution is 5.43. The number of piperidine rings is 1. The van der Waals surface area contributed by atoms with E-state index < -0.39 is 0 Å². The minimum absolute atomic E-state index is 0.153. The summed E-state index contributed by atoms with van der Waals surface area (Å²) >= 11 is 0. The van der Waals surface area contributed by atoms with Crippen LogP contribution < -0.4 is 10.2 Å². The summed E-state index contributed by atoms with van der Waals surface area (Å²) in [5.41, 5.74) is 0.713. The standard InChI is InChI=1S/C15H24FN3/c1-3-12-6-5-9-19(11-12)15-14(16)13(7-8-18-15)10-17-4-2/h7-8,12,17H,3-6,9-11H2,1-2H3. The maximum absolute atomic E-state index is 14.5. The number of aromatic nitrogens is 1. The van der Waals surface area contributed by atoms with Crippen molar-refractivity contribution in [1.82, 2.24) is 10.3 Å². The number of nitrogens with zero attached hydrogens (tertiary/aromatic N) is 2. The molecule has 0 saturated carbocycles. The van der Waals surface area contributed by atoms with Crippen LogP contribution in [-0.4, -0.2) is 24.6 Å². The van der Waals surface area contributed by atoms with E-state index in [4.69, 9.17) is 0 Å². The quantitative estimate of drug-likeness (QED) is 0.887. The molecule has 0 amide bonds. The molecule has 1 aliphatic rings. The lowest BCUT2D eigenvalue weighted by Gasteiger charge is -2.33. The zero-order valence-electron chi connectivity index (χ0n) is 12.0. The van der Waals surface area contributed by atoms with Gasteiger partial charge in [0.2, 0.25) is 0 Å². The maximum atomic E-state index is 14.5. The van der Waals surface area contributed by atoms with Gasteiger partial charge in [-0.2, -0.15) is 0 Å². The van der Waals surface area contributed by atoms with E-state index in [1.54, 1.807) is 12.3 Å². The first-order valence-electron chi connectivity index (χ1n) is 7.35. The van der Waals surface area contributed by atoms with Gasteiger partial charge in [-0.15, -0.1) is 0 Å². The zero-order chi connectivity index (χ0) is 13.7. The Morgan fingerprint density at radius 3 is 3.05 bits per heavy atom. The van der Waals surface area contributed by atoms with E-state index in [2.05, 4.69) is 22.1 Å². The molecule has 0 aromatic carbocycles. The third-order valence-electron chi connectivity index (χ3n) is 3.91. The van der Waals surface area contributed by atoms with E-state index in [1.165, 1.54) is 6.42 Å². The first kappa shape index (κ1) is 14.3. The van der Waals surface area contributed by atoms with Crippen molar-refractivity contribution in [2.45, 2.75) is 39.7 Å². The first-order valence-corrected chi connectivity index (χ1v) is 7.35. The molecule has 1 unspecified atom stereocenters. The van der Waals surface area contributed by atoms with Crippen LogP contribution in [0.15, 0.2) is 12.3 Å². The molecule has 19 heavy (non-hydrogen) atoms. The van der Waals surface area contributed by atoms with Crippen LogP contribution in [0.4, 0.5) is 10.2 Å². The zero-order valence-corrected chi connectivity index (χ0v) is 12.0. The minimum atomic E-state index is -0.153. The Morgan fingerprint density at radius 2 is 2.32 bits per heavy atom. The fraction of sp³-hybridized carbons (Fsp3) is 0.667. The van der Waals surface area contributed by atoms with Crippen molar-refractivity contribution in [2.24, 2.45) is 5.92 Å². The number of rotatable bonds is 5. The number of pyridine rings is 1. The second kappa shape index (κ2) is 6.85. The average molecular weight is 265 g/mol. The van der Waals surface area contributed by atoms with Gasteiger partial charge in [-0.3, -0.25) is 0 Å². The molecule has 3 nitrogen and oxygen atoms in total. The SMILES string of the molecule is CCNCc1ccnc(N2CCCC(CC)C2)c1F. The Hall–Kier alpha value is -1.16. The highest BCUT2D eigenvalue weighted by Gasteiger charge is 2.22. The van der Waals surface area contributed by atoms with Crippen LogP contribution in [0.5, 0.6) is 0 Å². The van der Waals surface area contributed by atoms with Crippen LogP contribution >= 0.6 is 0 Å². The van der Waals surface area contributed by atoms with Gasteiger partial charge in [-0.1, -0.05) is 20.3 Å². The topological polar surface area (TPSA) is 28.2 Å². The molecule has 106 valence electrons. The molecule has 4 heteroatoms. The normalized spacial score (nSPS) is 19.7. The van der Waals surface area contributed by atoms with Gasteiger partial charge in [-0.05, 0) is 31.4 Å². The maximum Gasteiger partial charge on any atom is 0.170 e.